The topological polar surface area (TPSA) is 63.5 Å². The third-order valence-electron chi connectivity index (χ3n) is 3.17. The molecule has 1 amide bonds. The molecule has 0 spiro atoms. The van der Waals surface area contributed by atoms with Gasteiger partial charge in [0.2, 0.25) is 0 Å². The van der Waals surface area contributed by atoms with E-state index in [9.17, 15) is 9.59 Å². The van der Waals surface area contributed by atoms with Crippen LogP contribution in [0.4, 0.5) is 0 Å². The highest BCUT2D eigenvalue weighted by atomic mass is 16.2. The standard InChI is InChI=1S/C15H19N3O2/c1-2-3-4-6-9-16-14(19)12-11-17-13-8-5-7-10-18(13)15(12)20/h5,7-8,10-11H,2-4,6,9H2,1H3,(H,16,19). The molecule has 0 bridgehead atoms. The maximum absolute atomic E-state index is 12.2. The minimum absolute atomic E-state index is 0.0872. The van der Waals surface area contributed by atoms with Crippen molar-refractivity contribution in [3.8, 4) is 0 Å². The third kappa shape index (κ3) is 3.23. The molecule has 106 valence electrons. The average molecular weight is 273 g/mol. The van der Waals surface area contributed by atoms with Gasteiger partial charge in [-0.25, -0.2) is 4.98 Å². The molecule has 0 saturated heterocycles. The van der Waals surface area contributed by atoms with Gasteiger partial charge >= 0.3 is 0 Å². The first-order chi connectivity index (χ1) is 9.74. The fraction of sp³-hybridized carbons (Fsp3) is 0.400. The summed E-state index contributed by atoms with van der Waals surface area (Å²) in [6.07, 6.45) is 7.30. The zero-order valence-electron chi connectivity index (χ0n) is 11.6. The molecule has 0 aromatic carbocycles. The molecule has 5 nitrogen and oxygen atoms in total. The molecule has 0 atom stereocenters. The van der Waals surface area contributed by atoms with E-state index >= 15 is 0 Å². The molecule has 0 aliphatic rings. The highest BCUT2D eigenvalue weighted by molar-refractivity contribution is 5.93. The smallest absolute Gasteiger partial charge is 0.270 e. The third-order valence-corrected chi connectivity index (χ3v) is 3.17. The van der Waals surface area contributed by atoms with Gasteiger partial charge in [-0.05, 0) is 18.6 Å². The van der Waals surface area contributed by atoms with E-state index in [2.05, 4.69) is 17.2 Å². The molecule has 0 fully saturated rings. The van der Waals surface area contributed by atoms with E-state index in [4.69, 9.17) is 0 Å². The fourth-order valence-corrected chi connectivity index (χ4v) is 2.03. The van der Waals surface area contributed by atoms with Crippen LogP contribution >= 0.6 is 0 Å². The Balaban J connectivity index is 2.07. The molecule has 0 unspecified atom stereocenters. The zero-order valence-corrected chi connectivity index (χ0v) is 11.6. The number of aromatic nitrogens is 2. The van der Waals surface area contributed by atoms with Crippen LogP contribution in [0.1, 0.15) is 43.0 Å². The molecule has 2 aromatic rings. The number of rotatable bonds is 6. The Hall–Kier alpha value is -2.17. The summed E-state index contributed by atoms with van der Waals surface area (Å²) in [4.78, 5) is 28.3. The Morgan fingerprint density at radius 1 is 1.30 bits per heavy atom. The van der Waals surface area contributed by atoms with Gasteiger partial charge in [0.25, 0.3) is 11.5 Å². The molecule has 20 heavy (non-hydrogen) atoms. The van der Waals surface area contributed by atoms with Crippen molar-refractivity contribution in [2.75, 3.05) is 6.54 Å². The summed E-state index contributed by atoms with van der Waals surface area (Å²) in [5, 5.41) is 2.77. The fourth-order valence-electron chi connectivity index (χ4n) is 2.03. The van der Waals surface area contributed by atoms with Crippen molar-refractivity contribution in [1.82, 2.24) is 14.7 Å². The predicted octanol–water partition coefficient (Wildman–Crippen LogP) is 2.00. The molecule has 2 aromatic heterocycles. The zero-order chi connectivity index (χ0) is 14.4. The van der Waals surface area contributed by atoms with Crippen molar-refractivity contribution in [2.45, 2.75) is 32.6 Å². The lowest BCUT2D eigenvalue weighted by Gasteiger charge is -2.05. The Bertz CT molecular complexity index is 649. The molecule has 1 N–H and O–H groups in total. The van der Waals surface area contributed by atoms with Gasteiger partial charge in [0.15, 0.2) is 0 Å². The van der Waals surface area contributed by atoms with Gasteiger partial charge in [-0.15, -0.1) is 0 Å². The second kappa shape index (κ2) is 6.84. The number of fused-ring (bicyclic) bond motifs is 1. The number of carbonyl (C=O) groups excluding carboxylic acids is 1. The van der Waals surface area contributed by atoms with Crippen molar-refractivity contribution in [3.05, 3.63) is 46.5 Å². The van der Waals surface area contributed by atoms with Crippen LogP contribution in [0.25, 0.3) is 5.65 Å². The van der Waals surface area contributed by atoms with Crippen molar-refractivity contribution in [3.63, 3.8) is 0 Å². The summed E-state index contributed by atoms with van der Waals surface area (Å²) >= 11 is 0. The van der Waals surface area contributed by atoms with Crippen LogP contribution in [0.15, 0.2) is 35.4 Å². The van der Waals surface area contributed by atoms with E-state index in [0.29, 0.717) is 12.2 Å². The number of nitrogens with zero attached hydrogens (tertiary/aromatic N) is 2. The van der Waals surface area contributed by atoms with Crippen LogP contribution in [-0.4, -0.2) is 21.8 Å². The highest BCUT2D eigenvalue weighted by Gasteiger charge is 2.12. The summed E-state index contributed by atoms with van der Waals surface area (Å²) in [7, 11) is 0. The predicted molar refractivity (Wildman–Crippen MR) is 77.9 cm³/mol. The number of nitrogens with one attached hydrogen (secondary N) is 1. The first-order valence-corrected chi connectivity index (χ1v) is 6.98. The SMILES string of the molecule is CCCCCCNC(=O)c1cnc2ccccn2c1=O. The van der Waals surface area contributed by atoms with E-state index < -0.39 is 0 Å². The Labute approximate surface area is 117 Å². The number of hydrogen-bond donors (Lipinski definition) is 1. The molecule has 0 aliphatic carbocycles. The van der Waals surface area contributed by atoms with E-state index in [1.165, 1.54) is 10.6 Å². The molecule has 0 saturated carbocycles. The first kappa shape index (κ1) is 14.2. The van der Waals surface area contributed by atoms with Crippen molar-refractivity contribution < 1.29 is 4.79 Å². The van der Waals surface area contributed by atoms with Crippen LogP contribution in [0.5, 0.6) is 0 Å². The number of unbranched alkanes of at least 4 members (excludes halogenated alkanes) is 3. The molecular formula is C15H19N3O2. The largest absolute Gasteiger partial charge is 0.352 e. The van der Waals surface area contributed by atoms with Crippen LogP contribution in [0.2, 0.25) is 0 Å². The van der Waals surface area contributed by atoms with Crippen LogP contribution in [0, 0.1) is 0 Å². The van der Waals surface area contributed by atoms with Gasteiger partial charge in [0.1, 0.15) is 11.2 Å². The maximum atomic E-state index is 12.2. The Kier molecular flexibility index (Phi) is 4.87. The molecular weight excluding hydrogens is 254 g/mol. The normalized spacial score (nSPS) is 10.7. The molecule has 5 heteroatoms. The average Bonchev–Trinajstić information content (AvgIpc) is 2.47. The van der Waals surface area contributed by atoms with E-state index in [-0.39, 0.29) is 17.0 Å². The number of hydrogen-bond acceptors (Lipinski definition) is 3. The van der Waals surface area contributed by atoms with E-state index in [0.717, 1.165) is 25.7 Å². The summed E-state index contributed by atoms with van der Waals surface area (Å²) < 4.78 is 1.38. The molecule has 2 rings (SSSR count). The van der Waals surface area contributed by atoms with Crippen molar-refractivity contribution in [2.24, 2.45) is 0 Å². The second-order valence-corrected chi connectivity index (χ2v) is 4.72. The monoisotopic (exact) mass is 273 g/mol. The summed E-state index contributed by atoms with van der Waals surface area (Å²) in [6, 6.07) is 5.27. The number of amides is 1. The summed E-state index contributed by atoms with van der Waals surface area (Å²) in [6.45, 7) is 2.73. The van der Waals surface area contributed by atoms with Crippen LogP contribution in [0.3, 0.4) is 0 Å². The number of pyridine rings is 1. The lowest BCUT2D eigenvalue weighted by atomic mass is 10.2. The lowest BCUT2D eigenvalue weighted by molar-refractivity contribution is 0.0951. The van der Waals surface area contributed by atoms with Gasteiger partial charge in [-0.2, -0.15) is 0 Å². The maximum Gasteiger partial charge on any atom is 0.270 e. The van der Waals surface area contributed by atoms with Crippen molar-refractivity contribution >= 4 is 11.6 Å². The lowest BCUT2D eigenvalue weighted by Crippen LogP contribution is -2.32. The Morgan fingerprint density at radius 3 is 2.95 bits per heavy atom. The molecule has 2 heterocycles. The van der Waals surface area contributed by atoms with Crippen molar-refractivity contribution in [1.29, 1.82) is 0 Å². The van der Waals surface area contributed by atoms with E-state index in [1.807, 2.05) is 0 Å². The van der Waals surface area contributed by atoms with Crippen LogP contribution in [-0.2, 0) is 0 Å². The minimum Gasteiger partial charge on any atom is -0.352 e. The quantitative estimate of drug-likeness (QED) is 0.819. The van der Waals surface area contributed by atoms with Gasteiger partial charge in [-0.3, -0.25) is 14.0 Å². The van der Waals surface area contributed by atoms with Gasteiger partial charge < -0.3 is 5.32 Å². The minimum atomic E-state index is -0.350. The highest BCUT2D eigenvalue weighted by Crippen LogP contribution is 1.99. The second-order valence-electron chi connectivity index (χ2n) is 4.72. The molecule has 0 radical (unpaired) electrons. The molecule has 0 aliphatic heterocycles. The van der Waals surface area contributed by atoms with Crippen LogP contribution < -0.4 is 10.9 Å². The Morgan fingerprint density at radius 2 is 2.15 bits per heavy atom. The van der Waals surface area contributed by atoms with Gasteiger partial charge in [0.05, 0.1) is 0 Å². The van der Waals surface area contributed by atoms with Gasteiger partial charge in [0, 0.05) is 18.9 Å². The number of carbonyl (C=O) groups is 1. The van der Waals surface area contributed by atoms with E-state index in [1.54, 1.807) is 24.4 Å². The first-order valence-electron chi connectivity index (χ1n) is 6.98. The summed E-state index contributed by atoms with van der Waals surface area (Å²) in [5.74, 6) is -0.350. The summed E-state index contributed by atoms with van der Waals surface area (Å²) in [5.41, 5.74) is 0.294. The van der Waals surface area contributed by atoms with Gasteiger partial charge in [-0.1, -0.05) is 32.3 Å².